The Bertz CT molecular complexity index is 1500. The van der Waals surface area contributed by atoms with E-state index < -0.39 is 45.6 Å². The highest BCUT2D eigenvalue weighted by Crippen LogP contribution is 2.33. The number of rotatable bonds is 6. The first-order valence-electron chi connectivity index (χ1n) is 11.6. The molecule has 3 N–H and O–H groups in total. The summed E-state index contributed by atoms with van der Waals surface area (Å²) < 4.78 is 79.0. The van der Waals surface area contributed by atoms with E-state index in [2.05, 4.69) is 20.3 Å². The SMILES string of the molecule is CS(=O)(=O)Nc1ccccc1-c1ccc(N2CCC[C@@H](NC(=O)Nc3ccc(C(F)(F)F)cn3)C2=O)cc1F. The molecule has 2 heterocycles. The zero-order valence-electron chi connectivity index (χ0n) is 20.4. The maximum atomic E-state index is 15.2. The van der Waals surface area contributed by atoms with Crippen molar-refractivity contribution in [1.29, 1.82) is 0 Å². The predicted octanol–water partition coefficient (Wildman–Crippen LogP) is 4.60. The van der Waals surface area contributed by atoms with Crippen LogP contribution in [0.1, 0.15) is 18.4 Å². The van der Waals surface area contributed by atoms with E-state index in [0.717, 1.165) is 24.5 Å². The zero-order valence-corrected chi connectivity index (χ0v) is 21.2. The van der Waals surface area contributed by atoms with Gasteiger partial charge >= 0.3 is 12.2 Å². The van der Waals surface area contributed by atoms with Crippen molar-refractivity contribution in [3.05, 3.63) is 72.2 Å². The van der Waals surface area contributed by atoms with Crippen molar-refractivity contribution in [2.75, 3.05) is 27.7 Å². The Hall–Kier alpha value is -4.20. The van der Waals surface area contributed by atoms with Crippen LogP contribution in [0.3, 0.4) is 0 Å². The van der Waals surface area contributed by atoms with Crippen LogP contribution in [0.25, 0.3) is 11.1 Å². The van der Waals surface area contributed by atoms with E-state index in [-0.39, 0.29) is 29.3 Å². The Kier molecular flexibility index (Phi) is 7.77. The number of benzene rings is 2. The lowest BCUT2D eigenvalue weighted by atomic mass is 10.0. The normalized spacial score (nSPS) is 16.1. The van der Waals surface area contributed by atoms with Crippen molar-refractivity contribution in [1.82, 2.24) is 10.3 Å². The Balaban J connectivity index is 1.46. The number of sulfonamides is 1. The molecule has 14 heteroatoms. The highest BCUT2D eigenvalue weighted by Gasteiger charge is 2.32. The maximum Gasteiger partial charge on any atom is 0.417 e. The van der Waals surface area contributed by atoms with Crippen molar-refractivity contribution in [3.63, 3.8) is 0 Å². The van der Waals surface area contributed by atoms with Crippen molar-refractivity contribution in [2.45, 2.75) is 25.1 Å². The lowest BCUT2D eigenvalue weighted by Gasteiger charge is -2.32. The van der Waals surface area contributed by atoms with Gasteiger partial charge in [-0.15, -0.1) is 0 Å². The predicted molar refractivity (Wildman–Crippen MR) is 137 cm³/mol. The first-order chi connectivity index (χ1) is 18.3. The van der Waals surface area contributed by atoms with Crippen LogP contribution in [-0.2, 0) is 21.0 Å². The summed E-state index contributed by atoms with van der Waals surface area (Å²) in [5.41, 5.74) is -0.109. The fraction of sp³-hybridized carbons (Fsp3) is 0.240. The van der Waals surface area contributed by atoms with Gasteiger partial charge in [0.1, 0.15) is 17.7 Å². The van der Waals surface area contributed by atoms with Crippen LogP contribution in [0, 0.1) is 5.82 Å². The fourth-order valence-electron chi connectivity index (χ4n) is 4.11. The quantitative estimate of drug-likeness (QED) is 0.378. The molecule has 1 atom stereocenters. The molecule has 1 saturated heterocycles. The van der Waals surface area contributed by atoms with Crippen molar-refractivity contribution < 1.29 is 35.6 Å². The fourth-order valence-corrected chi connectivity index (χ4v) is 4.69. The molecule has 1 aliphatic rings. The average Bonchev–Trinajstić information content (AvgIpc) is 2.85. The van der Waals surface area contributed by atoms with Gasteiger partial charge in [0, 0.05) is 29.6 Å². The number of pyridine rings is 1. The summed E-state index contributed by atoms with van der Waals surface area (Å²) in [5.74, 6) is -1.32. The molecule has 0 saturated carbocycles. The van der Waals surface area contributed by atoms with Crippen LogP contribution in [-0.4, -0.2) is 44.2 Å². The van der Waals surface area contributed by atoms with Crippen LogP contribution in [0.2, 0.25) is 0 Å². The standard InChI is InChI=1S/C25H23F4N5O4S/c1-39(37,38)33-20-6-3-2-5-18(20)17-10-9-16(13-19(17)26)34-12-4-7-21(23(34)35)31-24(36)32-22-11-8-15(14-30-22)25(27,28)29/h2-3,5-6,8-11,13-14,21,33H,4,7,12H2,1H3,(H2,30,31,32,36)/t21-/m1/s1. The van der Waals surface area contributed by atoms with E-state index in [1.165, 1.54) is 23.1 Å². The summed E-state index contributed by atoms with van der Waals surface area (Å²) >= 11 is 0. The van der Waals surface area contributed by atoms with Crippen LogP contribution in [0.5, 0.6) is 0 Å². The topological polar surface area (TPSA) is 120 Å². The number of urea groups is 1. The lowest BCUT2D eigenvalue weighted by molar-refractivity contribution is -0.137. The second-order valence-electron chi connectivity index (χ2n) is 8.80. The molecule has 0 spiro atoms. The maximum absolute atomic E-state index is 15.2. The summed E-state index contributed by atoms with van der Waals surface area (Å²) in [4.78, 5) is 30.3. The molecular weight excluding hydrogens is 542 g/mol. The van der Waals surface area contributed by atoms with Crippen LogP contribution < -0.4 is 20.3 Å². The number of carbonyl (C=O) groups excluding carboxylic acids is 2. The number of halogens is 4. The number of nitrogens with zero attached hydrogens (tertiary/aromatic N) is 2. The second-order valence-corrected chi connectivity index (χ2v) is 10.5. The summed E-state index contributed by atoms with van der Waals surface area (Å²) in [7, 11) is -3.61. The van der Waals surface area contributed by atoms with Gasteiger partial charge in [0.25, 0.3) is 0 Å². The first kappa shape index (κ1) is 27.8. The number of para-hydroxylation sites is 1. The highest BCUT2D eigenvalue weighted by atomic mass is 32.2. The zero-order chi connectivity index (χ0) is 28.4. The minimum Gasteiger partial charge on any atom is -0.326 e. The third kappa shape index (κ3) is 6.82. The van der Waals surface area contributed by atoms with Crippen LogP contribution in [0.15, 0.2) is 60.8 Å². The van der Waals surface area contributed by atoms with E-state index in [9.17, 15) is 31.2 Å². The van der Waals surface area contributed by atoms with E-state index in [1.54, 1.807) is 18.2 Å². The molecule has 0 aliphatic carbocycles. The molecule has 3 aromatic rings. The minimum absolute atomic E-state index is 0.119. The number of alkyl halides is 3. The van der Waals surface area contributed by atoms with Crippen LogP contribution in [0.4, 0.5) is 39.5 Å². The summed E-state index contributed by atoms with van der Waals surface area (Å²) in [6, 6.07) is 10.4. The number of hydrogen-bond acceptors (Lipinski definition) is 5. The molecule has 0 unspecified atom stereocenters. The molecule has 2 aromatic carbocycles. The Morgan fingerprint density at radius 2 is 1.82 bits per heavy atom. The van der Waals surface area contributed by atoms with Crippen molar-refractivity contribution in [3.8, 4) is 11.1 Å². The highest BCUT2D eigenvalue weighted by molar-refractivity contribution is 7.92. The number of carbonyl (C=O) groups is 2. The smallest absolute Gasteiger partial charge is 0.326 e. The molecule has 9 nitrogen and oxygen atoms in total. The summed E-state index contributed by atoms with van der Waals surface area (Å²) in [6.07, 6.45) is -2.22. The van der Waals surface area contributed by atoms with Gasteiger partial charge in [0.05, 0.1) is 17.5 Å². The molecule has 4 rings (SSSR count). The van der Waals surface area contributed by atoms with Gasteiger partial charge in [-0.1, -0.05) is 18.2 Å². The molecule has 0 bridgehead atoms. The van der Waals surface area contributed by atoms with Gasteiger partial charge in [-0.3, -0.25) is 14.8 Å². The number of aromatic nitrogens is 1. The molecule has 1 aliphatic heterocycles. The van der Waals surface area contributed by atoms with Crippen molar-refractivity contribution >= 4 is 39.2 Å². The van der Waals surface area contributed by atoms with Gasteiger partial charge in [-0.2, -0.15) is 13.2 Å². The third-order valence-electron chi connectivity index (χ3n) is 5.85. The molecule has 0 radical (unpaired) electrons. The number of anilines is 3. The van der Waals surface area contributed by atoms with E-state index in [4.69, 9.17) is 0 Å². The van der Waals surface area contributed by atoms with Crippen LogP contribution >= 0.6 is 0 Å². The second kappa shape index (κ2) is 10.9. The molecular formula is C25H23F4N5O4S. The monoisotopic (exact) mass is 565 g/mol. The molecule has 3 amide bonds. The lowest BCUT2D eigenvalue weighted by Crippen LogP contribution is -2.53. The Morgan fingerprint density at radius 1 is 1.08 bits per heavy atom. The molecule has 1 fully saturated rings. The number of amides is 3. The van der Waals surface area contributed by atoms with Gasteiger partial charge in [-0.25, -0.2) is 22.6 Å². The van der Waals surface area contributed by atoms with Gasteiger partial charge in [-0.05, 0) is 49.2 Å². The minimum atomic E-state index is -4.57. The van der Waals surface area contributed by atoms with Gasteiger partial charge < -0.3 is 10.2 Å². The number of piperidine rings is 1. The number of hydrogen-bond donors (Lipinski definition) is 3. The van der Waals surface area contributed by atoms with E-state index in [0.29, 0.717) is 24.6 Å². The summed E-state index contributed by atoms with van der Waals surface area (Å²) in [5, 5.41) is 4.77. The van der Waals surface area contributed by atoms with Gasteiger partial charge in [0.2, 0.25) is 15.9 Å². The van der Waals surface area contributed by atoms with Crippen molar-refractivity contribution in [2.24, 2.45) is 0 Å². The largest absolute Gasteiger partial charge is 0.417 e. The first-order valence-corrected chi connectivity index (χ1v) is 13.5. The third-order valence-corrected chi connectivity index (χ3v) is 6.44. The number of nitrogens with one attached hydrogen (secondary N) is 3. The molecule has 39 heavy (non-hydrogen) atoms. The Labute approximate surface area is 221 Å². The molecule has 1 aromatic heterocycles. The van der Waals surface area contributed by atoms with Gasteiger partial charge in [0.15, 0.2) is 0 Å². The molecule has 206 valence electrons. The summed E-state index contributed by atoms with van der Waals surface area (Å²) in [6.45, 7) is 0.268. The average molecular weight is 566 g/mol. The van der Waals surface area contributed by atoms with E-state index in [1.807, 2.05) is 0 Å². The Morgan fingerprint density at radius 3 is 2.46 bits per heavy atom. The van der Waals surface area contributed by atoms with E-state index >= 15 is 4.39 Å².